The van der Waals surface area contributed by atoms with Gasteiger partial charge in [0.25, 0.3) is 0 Å². The van der Waals surface area contributed by atoms with Gasteiger partial charge in [-0.2, -0.15) is 0 Å². The molecule has 0 saturated heterocycles. The average Bonchev–Trinajstić information content (AvgIpc) is 3.16. The Morgan fingerprint density at radius 1 is 1.12 bits per heavy atom. The first-order chi connectivity index (χ1) is 12.7. The van der Waals surface area contributed by atoms with Crippen LogP contribution in [0.5, 0.6) is 5.75 Å². The van der Waals surface area contributed by atoms with Crippen LogP contribution in [0.15, 0.2) is 71.3 Å². The van der Waals surface area contributed by atoms with Gasteiger partial charge in [0.1, 0.15) is 5.75 Å². The number of aromatic nitrogens is 1. The van der Waals surface area contributed by atoms with Crippen molar-refractivity contribution in [3.05, 3.63) is 78.3 Å². The smallest absolute Gasteiger partial charge is 0.331 e. The number of hydrogen-bond acceptors (Lipinski definition) is 5. The number of esters is 1. The summed E-state index contributed by atoms with van der Waals surface area (Å²) in [5.41, 5.74) is 1.81. The molecule has 26 heavy (non-hydrogen) atoms. The SMILES string of the molecule is CCOc1ccc(/C=C/C(=O)OCc2ncc(-c3ccccc3)o2)cc1. The summed E-state index contributed by atoms with van der Waals surface area (Å²) in [5, 5.41) is 0. The molecule has 0 aliphatic rings. The van der Waals surface area contributed by atoms with Gasteiger partial charge in [0.05, 0.1) is 12.8 Å². The standard InChI is InChI=1S/C21H19NO4/c1-2-24-18-11-8-16(9-12-18)10-13-21(23)25-15-20-22-14-19(26-20)17-6-4-3-5-7-17/h3-14H,2,15H2,1H3/b13-10+. The number of carbonyl (C=O) groups is 1. The first-order valence-corrected chi connectivity index (χ1v) is 8.32. The van der Waals surface area contributed by atoms with Crippen molar-refractivity contribution >= 4 is 12.0 Å². The number of rotatable bonds is 7. The van der Waals surface area contributed by atoms with E-state index in [1.807, 2.05) is 61.5 Å². The predicted molar refractivity (Wildman–Crippen MR) is 98.4 cm³/mol. The Hall–Kier alpha value is -3.34. The fourth-order valence-corrected chi connectivity index (χ4v) is 2.30. The van der Waals surface area contributed by atoms with E-state index < -0.39 is 5.97 Å². The summed E-state index contributed by atoms with van der Waals surface area (Å²) in [6.45, 7) is 2.54. The summed E-state index contributed by atoms with van der Waals surface area (Å²) in [5.74, 6) is 1.33. The van der Waals surface area contributed by atoms with E-state index in [9.17, 15) is 4.79 Å². The largest absolute Gasteiger partial charge is 0.494 e. The van der Waals surface area contributed by atoms with E-state index in [0.29, 0.717) is 18.3 Å². The van der Waals surface area contributed by atoms with Crippen molar-refractivity contribution in [2.75, 3.05) is 6.61 Å². The first-order valence-electron chi connectivity index (χ1n) is 8.32. The fourth-order valence-electron chi connectivity index (χ4n) is 2.30. The molecule has 0 bridgehead atoms. The zero-order valence-electron chi connectivity index (χ0n) is 14.4. The van der Waals surface area contributed by atoms with Crippen molar-refractivity contribution < 1.29 is 18.7 Å². The summed E-state index contributed by atoms with van der Waals surface area (Å²) >= 11 is 0. The molecule has 3 rings (SSSR count). The second-order valence-electron chi connectivity index (χ2n) is 5.43. The minimum absolute atomic E-state index is 0.0146. The topological polar surface area (TPSA) is 61.6 Å². The number of benzene rings is 2. The van der Waals surface area contributed by atoms with Gasteiger partial charge in [-0.25, -0.2) is 9.78 Å². The molecule has 0 aliphatic carbocycles. The molecule has 0 fully saturated rings. The second-order valence-corrected chi connectivity index (χ2v) is 5.43. The number of carbonyl (C=O) groups excluding carboxylic acids is 1. The zero-order chi connectivity index (χ0) is 18.2. The van der Waals surface area contributed by atoms with E-state index in [0.717, 1.165) is 16.9 Å². The lowest BCUT2D eigenvalue weighted by Gasteiger charge is -2.02. The van der Waals surface area contributed by atoms with Crippen LogP contribution in [0.2, 0.25) is 0 Å². The highest BCUT2D eigenvalue weighted by atomic mass is 16.5. The predicted octanol–water partition coefficient (Wildman–Crippen LogP) is 4.50. The van der Waals surface area contributed by atoms with Crippen LogP contribution in [0.25, 0.3) is 17.4 Å². The number of nitrogens with zero attached hydrogens (tertiary/aromatic N) is 1. The van der Waals surface area contributed by atoms with E-state index in [4.69, 9.17) is 13.9 Å². The lowest BCUT2D eigenvalue weighted by molar-refractivity contribution is -0.139. The van der Waals surface area contributed by atoms with Crippen molar-refractivity contribution in [3.8, 4) is 17.1 Å². The van der Waals surface area contributed by atoms with Crippen molar-refractivity contribution in [3.63, 3.8) is 0 Å². The summed E-state index contributed by atoms with van der Waals surface area (Å²) in [6.07, 6.45) is 4.67. The highest BCUT2D eigenvalue weighted by Crippen LogP contribution is 2.20. The Labute approximate surface area is 151 Å². The lowest BCUT2D eigenvalue weighted by Crippen LogP contribution is -2.00. The van der Waals surface area contributed by atoms with Gasteiger partial charge in [-0.1, -0.05) is 42.5 Å². The molecule has 0 N–H and O–H groups in total. The third-order valence-electron chi connectivity index (χ3n) is 3.55. The van der Waals surface area contributed by atoms with Crippen LogP contribution in [-0.4, -0.2) is 17.6 Å². The third-order valence-corrected chi connectivity index (χ3v) is 3.55. The van der Waals surface area contributed by atoms with Gasteiger partial charge < -0.3 is 13.9 Å². The minimum atomic E-state index is -0.460. The molecule has 0 atom stereocenters. The average molecular weight is 349 g/mol. The van der Waals surface area contributed by atoms with E-state index in [-0.39, 0.29) is 6.61 Å². The number of oxazole rings is 1. The molecule has 132 valence electrons. The van der Waals surface area contributed by atoms with Gasteiger partial charge in [0.2, 0.25) is 5.89 Å². The third kappa shape index (κ3) is 4.83. The van der Waals surface area contributed by atoms with Crippen LogP contribution in [0.4, 0.5) is 0 Å². The molecule has 0 saturated carbocycles. The number of hydrogen-bond donors (Lipinski definition) is 0. The Balaban J connectivity index is 1.52. The summed E-state index contributed by atoms with van der Waals surface area (Å²) < 4.78 is 16.1. The molecule has 1 heterocycles. The van der Waals surface area contributed by atoms with Gasteiger partial charge in [0.15, 0.2) is 12.4 Å². The molecule has 2 aromatic carbocycles. The first kappa shape index (κ1) is 17.5. The molecule has 5 nitrogen and oxygen atoms in total. The summed E-state index contributed by atoms with van der Waals surface area (Å²) in [4.78, 5) is 16.0. The molecule has 3 aromatic rings. The van der Waals surface area contributed by atoms with Crippen LogP contribution in [-0.2, 0) is 16.1 Å². The van der Waals surface area contributed by atoms with E-state index in [2.05, 4.69) is 4.98 Å². The summed E-state index contributed by atoms with van der Waals surface area (Å²) in [6, 6.07) is 17.1. The Morgan fingerprint density at radius 2 is 1.88 bits per heavy atom. The maximum absolute atomic E-state index is 11.8. The highest BCUT2D eigenvalue weighted by Gasteiger charge is 2.07. The molecule has 0 radical (unpaired) electrons. The Morgan fingerprint density at radius 3 is 2.62 bits per heavy atom. The number of ether oxygens (including phenoxy) is 2. The van der Waals surface area contributed by atoms with E-state index in [1.54, 1.807) is 12.3 Å². The summed E-state index contributed by atoms with van der Waals surface area (Å²) in [7, 11) is 0. The molecule has 0 aliphatic heterocycles. The second kappa shape index (κ2) is 8.67. The Bertz CT molecular complexity index is 867. The quantitative estimate of drug-likeness (QED) is 0.464. The van der Waals surface area contributed by atoms with Gasteiger partial charge >= 0.3 is 5.97 Å². The normalized spacial score (nSPS) is 10.8. The molecular formula is C21H19NO4. The fraction of sp³-hybridized carbons (Fsp3) is 0.143. The Kier molecular flexibility index (Phi) is 5.83. The van der Waals surface area contributed by atoms with Gasteiger partial charge in [-0.05, 0) is 30.7 Å². The van der Waals surface area contributed by atoms with Gasteiger partial charge in [-0.3, -0.25) is 0 Å². The van der Waals surface area contributed by atoms with E-state index >= 15 is 0 Å². The maximum Gasteiger partial charge on any atom is 0.331 e. The van der Waals surface area contributed by atoms with E-state index in [1.165, 1.54) is 6.08 Å². The molecule has 0 unspecified atom stereocenters. The van der Waals surface area contributed by atoms with Crippen LogP contribution in [0, 0.1) is 0 Å². The lowest BCUT2D eigenvalue weighted by atomic mass is 10.2. The maximum atomic E-state index is 11.8. The van der Waals surface area contributed by atoms with Crippen molar-refractivity contribution in [1.82, 2.24) is 4.98 Å². The molecule has 1 aromatic heterocycles. The van der Waals surface area contributed by atoms with Crippen LogP contribution in [0.3, 0.4) is 0 Å². The van der Waals surface area contributed by atoms with Crippen molar-refractivity contribution in [1.29, 1.82) is 0 Å². The molecule has 5 heteroatoms. The van der Waals surface area contributed by atoms with Crippen LogP contribution < -0.4 is 4.74 Å². The van der Waals surface area contributed by atoms with Crippen molar-refractivity contribution in [2.24, 2.45) is 0 Å². The molecule has 0 spiro atoms. The zero-order valence-corrected chi connectivity index (χ0v) is 14.4. The molecule has 0 amide bonds. The minimum Gasteiger partial charge on any atom is -0.494 e. The van der Waals surface area contributed by atoms with Gasteiger partial charge in [-0.15, -0.1) is 0 Å². The molecular weight excluding hydrogens is 330 g/mol. The van der Waals surface area contributed by atoms with Crippen molar-refractivity contribution in [2.45, 2.75) is 13.5 Å². The van der Waals surface area contributed by atoms with Crippen LogP contribution in [0.1, 0.15) is 18.4 Å². The highest BCUT2D eigenvalue weighted by molar-refractivity contribution is 5.87. The van der Waals surface area contributed by atoms with Gasteiger partial charge in [0, 0.05) is 11.6 Å². The monoisotopic (exact) mass is 349 g/mol. The van der Waals surface area contributed by atoms with Crippen LogP contribution >= 0.6 is 0 Å².